The Morgan fingerprint density at radius 2 is 2.11 bits per heavy atom. The first-order chi connectivity index (χ1) is 8.68. The van der Waals surface area contributed by atoms with E-state index in [-0.39, 0.29) is 18.0 Å². The fraction of sp³-hybridized carbons (Fsp3) is 0.533. The molecule has 0 spiro atoms. The third kappa shape index (κ3) is 3.10. The first-order valence-corrected chi connectivity index (χ1v) is 6.76. The number of carbonyl (C=O) groups is 1. The summed E-state index contributed by atoms with van der Waals surface area (Å²) in [6.45, 7) is 5.83. The summed E-state index contributed by atoms with van der Waals surface area (Å²) in [4.78, 5) is 14.4. The lowest BCUT2D eigenvalue weighted by atomic mass is 10.1. The standard InChI is InChI=1S/C15H22N2O/c1-12(2)17(11-13-7-4-3-5-8-13)15(18)14-9-6-10-16-14/h3-5,7-8,12,14,16H,6,9-11H2,1-2H3/t14-/m1/s1. The maximum atomic E-state index is 12.5. The molecule has 0 saturated carbocycles. The van der Waals surface area contributed by atoms with Crippen molar-refractivity contribution in [3.05, 3.63) is 35.9 Å². The second-order valence-electron chi connectivity index (χ2n) is 5.19. The Hall–Kier alpha value is -1.35. The van der Waals surface area contributed by atoms with Crippen molar-refractivity contribution in [3.63, 3.8) is 0 Å². The van der Waals surface area contributed by atoms with E-state index in [4.69, 9.17) is 0 Å². The van der Waals surface area contributed by atoms with E-state index in [0.717, 1.165) is 19.4 Å². The second-order valence-corrected chi connectivity index (χ2v) is 5.19. The highest BCUT2D eigenvalue weighted by atomic mass is 16.2. The molecule has 1 aromatic rings. The van der Waals surface area contributed by atoms with Crippen molar-refractivity contribution in [1.82, 2.24) is 10.2 Å². The van der Waals surface area contributed by atoms with Crippen LogP contribution >= 0.6 is 0 Å². The van der Waals surface area contributed by atoms with Gasteiger partial charge in [-0.25, -0.2) is 0 Å². The first-order valence-electron chi connectivity index (χ1n) is 6.76. The largest absolute Gasteiger partial charge is 0.335 e. The molecule has 1 atom stereocenters. The van der Waals surface area contributed by atoms with Crippen LogP contribution in [0.5, 0.6) is 0 Å². The minimum absolute atomic E-state index is 0.0242. The van der Waals surface area contributed by atoms with Gasteiger partial charge in [0.2, 0.25) is 5.91 Å². The molecule has 1 aromatic carbocycles. The van der Waals surface area contributed by atoms with Crippen molar-refractivity contribution in [2.24, 2.45) is 0 Å². The molecular formula is C15H22N2O. The van der Waals surface area contributed by atoms with Crippen LogP contribution in [0.4, 0.5) is 0 Å². The number of benzene rings is 1. The van der Waals surface area contributed by atoms with Crippen LogP contribution in [0.15, 0.2) is 30.3 Å². The van der Waals surface area contributed by atoms with Gasteiger partial charge in [0.05, 0.1) is 6.04 Å². The van der Waals surface area contributed by atoms with E-state index in [1.165, 1.54) is 5.56 Å². The Bertz CT molecular complexity index is 383. The van der Waals surface area contributed by atoms with Crippen molar-refractivity contribution >= 4 is 5.91 Å². The van der Waals surface area contributed by atoms with Gasteiger partial charge in [0.25, 0.3) is 0 Å². The summed E-state index contributed by atoms with van der Waals surface area (Å²) in [5.74, 6) is 0.242. The molecule has 1 aliphatic rings. The highest BCUT2D eigenvalue weighted by Crippen LogP contribution is 2.14. The predicted molar refractivity (Wildman–Crippen MR) is 73.2 cm³/mol. The minimum Gasteiger partial charge on any atom is -0.335 e. The molecule has 18 heavy (non-hydrogen) atoms. The van der Waals surface area contributed by atoms with E-state index in [9.17, 15) is 4.79 Å². The summed E-state index contributed by atoms with van der Waals surface area (Å²) in [6.07, 6.45) is 2.07. The van der Waals surface area contributed by atoms with Crippen LogP contribution in [-0.2, 0) is 11.3 Å². The topological polar surface area (TPSA) is 32.3 Å². The molecule has 0 radical (unpaired) electrons. The Balaban J connectivity index is 2.06. The first kappa shape index (κ1) is 13.1. The molecule has 1 heterocycles. The minimum atomic E-state index is 0.0242. The summed E-state index contributed by atoms with van der Waals surface area (Å²) in [5.41, 5.74) is 1.19. The van der Waals surface area contributed by atoms with Gasteiger partial charge in [-0.2, -0.15) is 0 Å². The monoisotopic (exact) mass is 246 g/mol. The normalized spacial score (nSPS) is 19.2. The van der Waals surface area contributed by atoms with Gasteiger partial charge < -0.3 is 10.2 Å². The van der Waals surface area contributed by atoms with Gasteiger partial charge in [0.15, 0.2) is 0 Å². The van der Waals surface area contributed by atoms with Gasteiger partial charge in [0, 0.05) is 12.6 Å². The van der Waals surface area contributed by atoms with Crippen LogP contribution in [0.3, 0.4) is 0 Å². The molecule has 3 nitrogen and oxygen atoms in total. The molecule has 0 aromatic heterocycles. The molecular weight excluding hydrogens is 224 g/mol. The maximum Gasteiger partial charge on any atom is 0.240 e. The highest BCUT2D eigenvalue weighted by Gasteiger charge is 2.28. The number of rotatable bonds is 4. The van der Waals surface area contributed by atoms with Crippen molar-refractivity contribution in [2.75, 3.05) is 6.54 Å². The van der Waals surface area contributed by atoms with Crippen LogP contribution in [0, 0.1) is 0 Å². The molecule has 0 bridgehead atoms. The van der Waals surface area contributed by atoms with Crippen molar-refractivity contribution in [3.8, 4) is 0 Å². The number of nitrogens with zero attached hydrogens (tertiary/aromatic N) is 1. The molecule has 0 unspecified atom stereocenters. The molecule has 1 amide bonds. The third-order valence-corrected chi connectivity index (χ3v) is 3.46. The molecule has 1 aliphatic heterocycles. The number of amides is 1. The zero-order valence-corrected chi connectivity index (χ0v) is 11.2. The zero-order valence-electron chi connectivity index (χ0n) is 11.2. The average molecular weight is 246 g/mol. The molecule has 3 heteroatoms. The van der Waals surface area contributed by atoms with E-state index >= 15 is 0 Å². The summed E-state index contributed by atoms with van der Waals surface area (Å²) in [5, 5.41) is 3.29. The fourth-order valence-electron chi connectivity index (χ4n) is 2.39. The highest BCUT2D eigenvalue weighted by molar-refractivity contribution is 5.82. The second kappa shape index (κ2) is 6.01. The van der Waals surface area contributed by atoms with Gasteiger partial charge in [-0.1, -0.05) is 30.3 Å². The van der Waals surface area contributed by atoms with Crippen molar-refractivity contribution in [1.29, 1.82) is 0 Å². The van der Waals surface area contributed by atoms with Crippen LogP contribution in [0.1, 0.15) is 32.3 Å². The summed E-state index contributed by atoms with van der Waals surface area (Å²) in [7, 11) is 0. The zero-order chi connectivity index (χ0) is 13.0. The maximum absolute atomic E-state index is 12.5. The molecule has 1 fully saturated rings. The molecule has 98 valence electrons. The molecule has 0 aliphatic carbocycles. The number of hydrogen-bond acceptors (Lipinski definition) is 2. The summed E-state index contributed by atoms with van der Waals surface area (Å²) in [6, 6.07) is 10.5. The number of carbonyl (C=O) groups excluding carboxylic acids is 1. The molecule has 2 rings (SSSR count). The van der Waals surface area contributed by atoms with E-state index in [2.05, 4.69) is 31.3 Å². The Labute approximate surface area is 109 Å². The third-order valence-electron chi connectivity index (χ3n) is 3.46. The number of nitrogens with one attached hydrogen (secondary N) is 1. The Morgan fingerprint density at radius 3 is 2.67 bits per heavy atom. The fourth-order valence-corrected chi connectivity index (χ4v) is 2.39. The van der Waals surface area contributed by atoms with Crippen molar-refractivity contribution in [2.45, 2.75) is 45.3 Å². The molecule has 1 N–H and O–H groups in total. The van der Waals surface area contributed by atoms with Gasteiger partial charge in [-0.15, -0.1) is 0 Å². The van der Waals surface area contributed by atoms with Crippen molar-refractivity contribution < 1.29 is 4.79 Å². The summed E-state index contributed by atoms with van der Waals surface area (Å²) < 4.78 is 0. The lowest BCUT2D eigenvalue weighted by molar-refractivity contribution is -0.135. The summed E-state index contributed by atoms with van der Waals surface area (Å²) >= 11 is 0. The Morgan fingerprint density at radius 1 is 1.39 bits per heavy atom. The Kier molecular flexibility index (Phi) is 4.37. The van der Waals surface area contributed by atoms with Gasteiger partial charge in [-0.05, 0) is 38.8 Å². The van der Waals surface area contributed by atoms with E-state index in [1.807, 2.05) is 23.1 Å². The van der Waals surface area contributed by atoms with Crippen LogP contribution < -0.4 is 5.32 Å². The van der Waals surface area contributed by atoms with E-state index < -0.39 is 0 Å². The van der Waals surface area contributed by atoms with Crippen LogP contribution in [0.25, 0.3) is 0 Å². The van der Waals surface area contributed by atoms with Crippen LogP contribution in [0.2, 0.25) is 0 Å². The van der Waals surface area contributed by atoms with E-state index in [0.29, 0.717) is 6.54 Å². The predicted octanol–water partition coefficient (Wildman–Crippen LogP) is 2.18. The van der Waals surface area contributed by atoms with Gasteiger partial charge in [-0.3, -0.25) is 4.79 Å². The quantitative estimate of drug-likeness (QED) is 0.883. The SMILES string of the molecule is CC(C)N(Cc1ccccc1)C(=O)[C@H]1CCCN1. The smallest absolute Gasteiger partial charge is 0.240 e. The van der Waals surface area contributed by atoms with E-state index in [1.54, 1.807) is 0 Å². The number of hydrogen-bond donors (Lipinski definition) is 1. The van der Waals surface area contributed by atoms with Crippen LogP contribution in [-0.4, -0.2) is 29.4 Å². The lowest BCUT2D eigenvalue weighted by Crippen LogP contribution is -2.46. The van der Waals surface area contributed by atoms with Gasteiger partial charge in [0.1, 0.15) is 0 Å². The lowest BCUT2D eigenvalue weighted by Gasteiger charge is -2.29. The molecule has 1 saturated heterocycles. The van der Waals surface area contributed by atoms with Gasteiger partial charge >= 0.3 is 0 Å². The average Bonchev–Trinajstić information content (AvgIpc) is 2.90.